The monoisotopic (exact) mass is 295 g/mol. The average Bonchev–Trinajstić information content (AvgIpc) is 2.95. The summed E-state index contributed by atoms with van der Waals surface area (Å²) in [5.41, 5.74) is 0.685. The summed E-state index contributed by atoms with van der Waals surface area (Å²) in [6.45, 7) is 1.88. The van der Waals surface area contributed by atoms with Gasteiger partial charge in [-0.2, -0.15) is 0 Å². The van der Waals surface area contributed by atoms with Gasteiger partial charge in [0.25, 0.3) is 5.91 Å². The van der Waals surface area contributed by atoms with Crippen molar-refractivity contribution >= 4 is 11.6 Å². The Morgan fingerprint density at radius 2 is 2.09 bits per heavy atom. The Balaban J connectivity index is 1.76. The smallest absolute Gasteiger partial charge is 0.257 e. The number of nitrogens with zero attached hydrogens (tertiary/aromatic N) is 3. The minimum absolute atomic E-state index is 0.252. The number of amides is 1. The van der Waals surface area contributed by atoms with Gasteiger partial charge in [0.05, 0.1) is 17.4 Å². The topological polar surface area (TPSA) is 92.7 Å². The lowest BCUT2D eigenvalue weighted by Gasteiger charge is -2.07. The van der Waals surface area contributed by atoms with Crippen LogP contribution in [0.15, 0.2) is 53.8 Å². The maximum Gasteiger partial charge on any atom is 0.257 e. The number of hydrogen-bond acceptors (Lipinski definition) is 4. The molecule has 7 nitrogen and oxygen atoms in total. The highest BCUT2D eigenvalue weighted by Gasteiger charge is 2.07. The van der Waals surface area contributed by atoms with Gasteiger partial charge in [0.1, 0.15) is 11.6 Å². The number of carbonyl (C=O) groups is 1. The summed E-state index contributed by atoms with van der Waals surface area (Å²) < 4.78 is 1.84. The van der Waals surface area contributed by atoms with Crippen molar-refractivity contribution in [2.75, 3.05) is 5.32 Å². The number of nitrogens with one attached hydrogen (secondary N) is 2. The quantitative estimate of drug-likeness (QED) is 0.766. The van der Waals surface area contributed by atoms with Crippen molar-refractivity contribution in [3.05, 3.63) is 70.8 Å². The Hall–Kier alpha value is -3.22. The SMILES string of the molecule is Cc1nccn1-c1ccc(NC(=O)c2ccc(=O)[nH]c2)cn1. The second-order valence-corrected chi connectivity index (χ2v) is 4.65. The number of anilines is 1. The molecule has 0 spiro atoms. The lowest BCUT2D eigenvalue weighted by atomic mass is 10.2. The fraction of sp³-hybridized carbons (Fsp3) is 0.0667. The van der Waals surface area contributed by atoms with E-state index in [1.807, 2.05) is 17.7 Å². The van der Waals surface area contributed by atoms with Crippen LogP contribution in [-0.2, 0) is 0 Å². The van der Waals surface area contributed by atoms with Crippen LogP contribution in [0.4, 0.5) is 5.69 Å². The number of hydrogen-bond donors (Lipinski definition) is 2. The van der Waals surface area contributed by atoms with Gasteiger partial charge >= 0.3 is 0 Å². The summed E-state index contributed by atoms with van der Waals surface area (Å²) in [7, 11) is 0. The Bertz CT molecular complexity index is 844. The first-order chi connectivity index (χ1) is 10.6. The van der Waals surface area contributed by atoms with Crippen LogP contribution in [0.5, 0.6) is 0 Å². The van der Waals surface area contributed by atoms with Crippen LogP contribution in [0.25, 0.3) is 5.82 Å². The lowest BCUT2D eigenvalue weighted by molar-refractivity contribution is 0.102. The number of carbonyl (C=O) groups excluding carboxylic acids is 1. The minimum Gasteiger partial charge on any atom is -0.328 e. The standard InChI is InChI=1S/C15H13N5O2/c1-10-16-6-7-20(10)13-4-3-12(9-17-13)19-15(22)11-2-5-14(21)18-8-11/h2-9H,1H3,(H,18,21)(H,19,22). The highest BCUT2D eigenvalue weighted by atomic mass is 16.1. The van der Waals surface area contributed by atoms with Gasteiger partial charge in [-0.05, 0) is 25.1 Å². The van der Waals surface area contributed by atoms with Crippen LogP contribution in [0.1, 0.15) is 16.2 Å². The third-order valence-electron chi connectivity index (χ3n) is 3.12. The molecular weight excluding hydrogens is 282 g/mol. The molecule has 0 saturated carbocycles. The van der Waals surface area contributed by atoms with E-state index < -0.39 is 0 Å². The summed E-state index contributed by atoms with van der Waals surface area (Å²) in [4.78, 5) is 33.9. The number of aromatic nitrogens is 4. The summed E-state index contributed by atoms with van der Waals surface area (Å²) in [5, 5.41) is 2.72. The molecule has 1 amide bonds. The third-order valence-corrected chi connectivity index (χ3v) is 3.12. The molecule has 0 bridgehead atoms. The summed E-state index contributed by atoms with van der Waals surface area (Å²) in [6, 6.07) is 6.31. The van der Waals surface area contributed by atoms with Crippen molar-refractivity contribution in [1.82, 2.24) is 19.5 Å². The van der Waals surface area contributed by atoms with Gasteiger partial charge in [-0.25, -0.2) is 9.97 Å². The van der Waals surface area contributed by atoms with Crippen LogP contribution in [0, 0.1) is 6.92 Å². The molecule has 0 unspecified atom stereocenters. The van der Waals surface area contributed by atoms with E-state index in [2.05, 4.69) is 20.3 Å². The van der Waals surface area contributed by atoms with E-state index in [-0.39, 0.29) is 11.5 Å². The maximum absolute atomic E-state index is 12.0. The Labute approximate surface area is 125 Å². The van der Waals surface area contributed by atoms with Crippen LogP contribution in [0.2, 0.25) is 0 Å². The van der Waals surface area contributed by atoms with Gasteiger partial charge in [-0.15, -0.1) is 0 Å². The molecule has 0 aliphatic heterocycles. The molecule has 0 radical (unpaired) electrons. The van der Waals surface area contributed by atoms with Crippen LogP contribution in [-0.4, -0.2) is 25.4 Å². The number of aryl methyl sites for hydroxylation is 1. The Morgan fingerprint density at radius 1 is 1.23 bits per heavy atom. The van der Waals surface area contributed by atoms with Crippen molar-refractivity contribution in [2.45, 2.75) is 6.92 Å². The molecule has 3 aromatic heterocycles. The summed E-state index contributed by atoms with van der Waals surface area (Å²) in [6.07, 6.45) is 6.45. The van der Waals surface area contributed by atoms with E-state index in [9.17, 15) is 9.59 Å². The first kappa shape index (κ1) is 13.7. The highest BCUT2D eigenvalue weighted by Crippen LogP contribution is 2.12. The fourth-order valence-corrected chi connectivity index (χ4v) is 1.98. The predicted molar refractivity (Wildman–Crippen MR) is 81.1 cm³/mol. The summed E-state index contributed by atoms with van der Waals surface area (Å²) in [5.74, 6) is 1.24. The van der Waals surface area contributed by atoms with Gasteiger partial charge in [-0.1, -0.05) is 0 Å². The van der Waals surface area contributed by atoms with Crippen molar-refractivity contribution in [3.63, 3.8) is 0 Å². The zero-order valence-corrected chi connectivity index (χ0v) is 11.8. The molecule has 2 N–H and O–H groups in total. The highest BCUT2D eigenvalue weighted by molar-refractivity contribution is 6.03. The molecule has 110 valence electrons. The molecule has 0 aliphatic rings. The number of rotatable bonds is 3. The second-order valence-electron chi connectivity index (χ2n) is 4.65. The van der Waals surface area contributed by atoms with Gasteiger partial charge in [0.2, 0.25) is 5.56 Å². The van der Waals surface area contributed by atoms with Crippen LogP contribution < -0.4 is 10.9 Å². The van der Waals surface area contributed by atoms with Crippen molar-refractivity contribution < 1.29 is 4.79 Å². The van der Waals surface area contributed by atoms with E-state index >= 15 is 0 Å². The summed E-state index contributed by atoms with van der Waals surface area (Å²) >= 11 is 0. The molecule has 7 heteroatoms. The average molecular weight is 295 g/mol. The second kappa shape index (κ2) is 5.65. The zero-order chi connectivity index (χ0) is 15.5. The predicted octanol–water partition coefficient (Wildman–Crippen LogP) is 1.52. The van der Waals surface area contributed by atoms with Crippen molar-refractivity contribution in [2.24, 2.45) is 0 Å². The molecule has 3 aromatic rings. The number of H-pyrrole nitrogens is 1. The van der Waals surface area contributed by atoms with E-state index in [4.69, 9.17) is 0 Å². The Morgan fingerprint density at radius 3 is 2.68 bits per heavy atom. The molecule has 0 atom stereocenters. The van der Waals surface area contributed by atoms with E-state index in [0.29, 0.717) is 11.3 Å². The van der Waals surface area contributed by atoms with E-state index in [1.165, 1.54) is 18.3 Å². The van der Waals surface area contributed by atoms with Crippen molar-refractivity contribution in [3.8, 4) is 5.82 Å². The molecule has 3 rings (SSSR count). The normalized spacial score (nSPS) is 10.4. The van der Waals surface area contributed by atoms with Crippen LogP contribution in [0.3, 0.4) is 0 Å². The number of pyridine rings is 2. The zero-order valence-electron chi connectivity index (χ0n) is 11.8. The first-order valence-corrected chi connectivity index (χ1v) is 6.60. The van der Waals surface area contributed by atoms with E-state index in [1.54, 1.807) is 24.5 Å². The fourth-order valence-electron chi connectivity index (χ4n) is 1.98. The number of imidazole rings is 1. The first-order valence-electron chi connectivity index (χ1n) is 6.60. The molecule has 3 heterocycles. The maximum atomic E-state index is 12.0. The third kappa shape index (κ3) is 2.78. The molecule has 0 aliphatic carbocycles. The van der Waals surface area contributed by atoms with Crippen LogP contribution >= 0.6 is 0 Å². The molecular formula is C15H13N5O2. The van der Waals surface area contributed by atoms with Gasteiger partial charge in [0.15, 0.2) is 0 Å². The van der Waals surface area contributed by atoms with Gasteiger partial charge in [-0.3, -0.25) is 14.2 Å². The minimum atomic E-state index is -0.315. The van der Waals surface area contributed by atoms with Crippen molar-refractivity contribution in [1.29, 1.82) is 0 Å². The van der Waals surface area contributed by atoms with Gasteiger partial charge in [0, 0.05) is 24.7 Å². The largest absolute Gasteiger partial charge is 0.328 e. The molecule has 0 aromatic carbocycles. The molecule has 22 heavy (non-hydrogen) atoms. The molecule has 0 fully saturated rings. The lowest BCUT2D eigenvalue weighted by Crippen LogP contribution is -2.14. The number of aromatic amines is 1. The van der Waals surface area contributed by atoms with Gasteiger partial charge < -0.3 is 10.3 Å². The Kier molecular flexibility index (Phi) is 3.53. The molecule has 0 saturated heterocycles. The van der Waals surface area contributed by atoms with E-state index in [0.717, 1.165) is 11.6 Å².